The summed E-state index contributed by atoms with van der Waals surface area (Å²) in [6.45, 7) is 3.78. The van der Waals surface area contributed by atoms with E-state index in [1.165, 1.54) is 0 Å². The first-order chi connectivity index (χ1) is 15.2. The van der Waals surface area contributed by atoms with E-state index in [0.29, 0.717) is 33.9 Å². The number of aromatic amines is 1. The van der Waals surface area contributed by atoms with Gasteiger partial charge in [0.25, 0.3) is 5.56 Å². The van der Waals surface area contributed by atoms with Crippen molar-refractivity contribution in [1.29, 1.82) is 0 Å². The Labute approximate surface area is 187 Å². The molecule has 0 amide bonds. The molecule has 0 saturated carbocycles. The predicted molar refractivity (Wildman–Crippen MR) is 131 cm³/mol. The maximum absolute atomic E-state index is 12.8. The van der Waals surface area contributed by atoms with Crippen LogP contribution < -0.4 is 19.9 Å². The molecule has 168 valence electrons. The Morgan fingerprint density at radius 3 is 2.56 bits per heavy atom. The molecular weight excluding hydrogens is 406 g/mol. The number of H-pyrrole nitrogens is 1. The molecule has 0 unspecified atom stereocenters. The van der Waals surface area contributed by atoms with Crippen LogP contribution in [0.2, 0.25) is 0 Å². The molecule has 3 rings (SSSR count). The summed E-state index contributed by atoms with van der Waals surface area (Å²) in [6.07, 6.45) is 3.79. The van der Waals surface area contributed by atoms with Gasteiger partial charge in [0.05, 0.1) is 30.8 Å². The minimum atomic E-state index is -0.331. The molecule has 0 fully saturated rings. The Morgan fingerprint density at radius 1 is 1.16 bits per heavy atom. The fraction of sp³-hybridized carbons (Fsp3) is 0.292. The molecule has 1 heterocycles. The average molecular weight is 436 g/mol. The van der Waals surface area contributed by atoms with Crippen molar-refractivity contribution in [3.8, 4) is 11.5 Å². The first kappa shape index (κ1) is 22.9. The van der Waals surface area contributed by atoms with Crippen LogP contribution in [0.3, 0.4) is 0 Å². The summed E-state index contributed by atoms with van der Waals surface area (Å²) in [5.41, 5.74) is 2.84. The molecule has 0 aliphatic heterocycles. The highest BCUT2D eigenvalue weighted by atomic mass is 16.5. The lowest BCUT2D eigenvalue weighted by atomic mass is 10.1. The molecule has 8 nitrogen and oxygen atoms in total. The smallest absolute Gasteiger partial charge is 0.282 e. The van der Waals surface area contributed by atoms with Crippen molar-refractivity contribution in [2.75, 3.05) is 40.3 Å². The van der Waals surface area contributed by atoms with Crippen LogP contribution >= 0.6 is 0 Å². The summed E-state index contributed by atoms with van der Waals surface area (Å²) in [7, 11) is 8.86. The number of nitrogens with zero attached hydrogens (tertiary/aromatic N) is 4. The predicted octanol–water partition coefficient (Wildman–Crippen LogP) is 3.97. The number of aryl methyl sites for hydroxylation is 1. The van der Waals surface area contributed by atoms with Gasteiger partial charge in [-0.2, -0.15) is 4.98 Å². The van der Waals surface area contributed by atoms with Crippen LogP contribution in [0.1, 0.15) is 18.1 Å². The Hall–Kier alpha value is -3.81. The van der Waals surface area contributed by atoms with Crippen molar-refractivity contribution in [2.24, 2.45) is 4.99 Å². The highest BCUT2D eigenvalue weighted by Crippen LogP contribution is 2.35. The van der Waals surface area contributed by atoms with Crippen LogP contribution in [0.25, 0.3) is 17.0 Å². The zero-order chi connectivity index (χ0) is 23.4. The van der Waals surface area contributed by atoms with Crippen molar-refractivity contribution >= 4 is 34.5 Å². The number of ether oxygens (including phenoxy) is 2. The topological polar surface area (TPSA) is 83.0 Å². The van der Waals surface area contributed by atoms with Gasteiger partial charge in [-0.25, -0.2) is 4.99 Å². The maximum Gasteiger partial charge on any atom is 0.282 e. The molecule has 3 aromatic rings. The van der Waals surface area contributed by atoms with Crippen molar-refractivity contribution < 1.29 is 9.47 Å². The molecule has 0 spiro atoms. The lowest BCUT2D eigenvalue weighted by Crippen LogP contribution is -2.19. The van der Waals surface area contributed by atoms with Gasteiger partial charge in [-0.1, -0.05) is 12.1 Å². The van der Waals surface area contributed by atoms with Crippen molar-refractivity contribution in [1.82, 2.24) is 14.9 Å². The van der Waals surface area contributed by atoms with E-state index in [1.54, 1.807) is 25.2 Å². The zero-order valence-electron chi connectivity index (χ0n) is 19.6. The van der Waals surface area contributed by atoms with Gasteiger partial charge in [0.1, 0.15) is 5.84 Å². The second kappa shape index (κ2) is 9.55. The van der Waals surface area contributed by atoms with Gasteiger partial charge < -0.3 is 24.3 Å². The normalized spacial score (nSPS) is 11.8. The van der Waals surface area contributed by atoms with Crippen molar-refractivity contribution in [2.45, 2.75) is 13.8 Å². The molecule has 0 atom stereocenters. The molecule has 0 radical (unpaired) electrons. The standard InChI is InChI=1S/C24H29N5O3/c1-15-21-19(14-20(31-6)22(15)32-7)26-24(27-23(21)30)29(5)12-11-17-9-8-10-18(13-17)25-16(2)28(3)4/h8-14H,1-7H3,(H,26,27,30)/b12-11+,25-16+. The number of methoxy groups -OCH3 is 2. The minimum Gasteiger partial charge on any atom is -0.493 e. The Bertz CT molecular complexity index is 1240. The zero-order valence-corrected chi connectivity index (χ0v) is 19.6. The molecule has 0 bridgehead atoms. The summed E-state index contributed by atoms with van der Waals surface area (Å²) >= 11 is 0. The van der Waals surface area contributed by atoms with E-state index in [2.05, 4.69) is 15.0 Å². The summed E-state index contributed by atoms with van der Waals surface area (Å²) in [6, 6.07) is 9.65. The van der Waals surface area contributed by atoms with Gasteiger partial charge in [0.15, 0.2) is 11.5 Å². The molecule has 8 heteroatoms. The van der Waals surface area contributed by atoms with Gasteiger partial charge >= 0.3 is 0 Å². The molecule has 1 N–H and O–H groups in total. The maximum atomic E-state index is 12.8. The summed E-state index contributed by atoms with van der Waals surface area (Å²) in [4.78, 5) is 28.5. The highest BCUT2D eigenvalue weighted by Gasteiger charge is 2.16. The van der Waals surface area contributed by atoms with E-state index >= 15 is 0 Å². The van der Waals surface area contributed by atoms with Gasteiger partial charge in [-0.3, -0.25) is 4.79 Å². The quantitative estimate of drug-likeness (QED) is 0.466. The number of aromatic nitrogens is 2. The van der Waals surface area contributed by atoms with Gasteiger partial charge in [0.2, 0.25) is 5.95 Å². The molecule has 1 aromatic heterocycles. The number of hydrogen-bond donors (Lipinski definition) is 1. The highest BCUT2D eigenvalue weighted by molar-refractivity contribution is 5.87. The number of fused-ring (bicyclic) bond motifs is 1. The van der Waals surface area contributed by atoms with E-state index in [9.17, 15) is 4.79 Å². The largest absolute Gasteiger partial charge is 0.493 e. The van der Waals surface area contributed by atoms with Gasteiger partial charge in [-0.05, 0) is 37.6 Å². The van der Waals surface area contributed by atoms with E-state index < -0.39 is 0 Å². The number of benzene rings is 2. The lowest BCUT2D eigenvalue weighted by Gasteiger charge is -2.16. The molecular formula is C24H29N5O3. The van der Waals surface area contributed by atoms with Crippen LogP contribution in [0.15, 0.2) is 46.3 Å². The van der Waals surface area contributed by atoms with Crippen LogP contribution in [-0.4, -0.2) is 56.1 Å². The first-order valence-electron chi connectivity index (χ1n) is 10.1. The Balaban J connectivity index is 1.94. The van der Waals surface area contributed by atoms with Crippen LogP contribution in [0, 0.1) is 6.92 Å². The third kappa shape index (κ3) is 4.74. The monoisotopic (exact) mass is 435 g/mol. The summed E-state index contributed by atoms with van der Waals surface area (Å²) in [5.74, 6) is 2.42. The molecule has 0 saturated heterocycles. The lowest BCUT2D eigenvalue weighted by molar-refractivity contribution is 0.354. The van der Waals surface area contributed by atoms with Gasteiger partial charge in [-0.15, -0.1) is 0 Å². The van der Waals surface area contributed by atoms with E-state index in [0.717, 1.165) is 17.1 Å². The van der Waals surface area contributed by atoms with Gasteiger partial charge in [0, 0.05) is 39.0 Å². The second-order valence-corrected chi connectivity index (χ2v) is 7.60. The number of hydrogen-bond acceptors (Lipinski definition) is 6. The Kier molecular flexibility index (Phi) is 6.82. The van der Waals surface area contributed by atoms with Crippen LogP contribution in [0.5, 0.6) is 11.5 Å². The summed E-state index contributed by atoms with van der Waals surface area (Å²) < 4.78 is 10.8. The summed E-state index contributed by atoms with van der Waals surface area (Å²) in [5, 5.41) is 0.477. The average Bonchev–Trinajstić information content (AvgIpc) is 2.76. The minimum absolute atomic E-state index is 0.331. The van der Waals surface area contributed by atoms with Crippen LogP contribution in [0.4, 0.5) is 11.6 Å². The molecule has 0 aliphatic rings. The fourth-order valence-electron chi connectivity index (χ4n) is 3.27. The molecule has 0 aliphatic carbocycles. The number of rotatable bonds is 6. The Morgan fingerprint density at radius 2 is 1.91 bits per heavy atom. The van der Waals surface area contributed by atoms with E-state index in [-0.39, 0.29) is 5.56 Å². The van der Waals surface area contributed by atoms with Crippen molar-refractivity contribution in [3.63, 3.8) is 0 Å². The third-order valence-corrected chi connectivity index (χ3v) is 5.21. The van der Waals surface area contributed by atoms with E-state index in [1.807, 2.05) is 76.4 Å². The fourth-order valence-corrected chi connectivity index (χ4v) is 3.27. The van der Waals surface area contributed by atoms with E-state index in [4.69, 9.17) is 9.47 Å². The van der Waals surface area contributed by atoms with Crippen LogP contribution in [-0.2, 0) is 0 Å². The SMILES string of the molecule is COc1cc2[nH]c(N(C)/C=C/c3cccc(/N=C(\C)N(C)C)c3)nc(=O)c2c(C)c1OC. The molecule has 32 heavy (non-hydrogen) atoms. The molecule has 2 aromatic carbocycles. The number of nitrogens with one attached hydrogen (secondary N) is 1. The first-order valence-corrected chi connectivity index (χ1v) is 10.1. The number of aliphatic imine (C=N–C) groups is 1. The number of amidine groups is 1. The number of anilines is 1. The third-order valence-electron chi connectivity index (χ3n) is 5.21. The van der Waals surface area contributed by atoms with Crippen molar-refractivity contribution in [3.05, 3.63) is 58.0 Å². The second-order valence-electron chi connectivity index (χ2n) is 7.60.